The number of hydrogen-bond acceptors (Lipinski definition) is 2. The lowest BCUT2D eigenvalue weighted by molar-refractivity contribution is -0.124. The zero-order chi connectivity index (χ0) is 14.7. The normalized spacial score (nSPS) is 19.2. The van der Waals surface area contributed by atoms with Crippen molar-refractivity contribution in [2.75, 3.05) is 0 Å². The fraction of sp³-hybridized carbons (Fsp3) is 0.500. The van der Waals surface area contributed by atoms with Crippen molar-refractivity contribution in [1.82, 2.24) is 5.32 Å². The SMILES string of the molecule is CC(C)C(C(=O)NC1CCCc2ccccc21)C(N)=S. The van der Waals surface area contributed by atoms with Crippen molar-refractivity contribution in [3.05, 3.63) is 35.4 Å². The van der Waals surface area contributed by atoms with Crippen LogP contribution in [0.5, 0.6) is 0 Å². The average Bonchev–Trinajstić information content (AvgIpc) is 2.38. The maximum Gasteiger partial charge on any atom is 0.230 e. The molecule has 0 aromatic heterocycles. The van der Waals surface area contributed by atoms with Crippen LogP contribution in [0.1, 0.15) is 43.9 Å². The second kappa shape index (κ2) is 6.35. The van der Waals surface area contributed by atoms with Crippen molar-refractivity contribution in [3.8, 4) is 0 Å². The Balaban J connectivity index is 2.15. The van der Waals surface area contributed by atoms with Gasteiger partial charge in [-0.15, -0.1) is 0 Å². The molecule has 1 aliphatic carbocycles. The monoisotopic (exact) mass is 290 g/mol. The van der Waals surface area contributed by atoms with Crippen molar-refractivity contribution in [1.29, 1.82) is 0 Å². The van der Waals surface area contributed by atoms with Gasteiger partial charge in [0.15, 0.2) is 0 Å². The first kappa shape index (κ1) is 15.0. The van der Waals surface area contributed by atoms with Crippen LogP contribution >= 0.6 is 12.2 Å². The molecule has 0 radical (unpaired) electrons. The number of nitrogens with two attached hydrogens (primary N) is 1. The Kier molecular flexibility index (Phi) is 4.76. The van der Waals surface area contributed by atoms with Gasteiger partial charge in [0, 0.05) is 0 Å². The lowest BCUT2D eigenvalue weighted by Crippen LogP contribution is -2.42. The number of nitrogens with one attached hydrogen (secondary N) is 1. The highest BCUT2D eigenvalue weighted by atomic mass is 32.1. The van der Waals surface area contributed by atoms with Crippen molar-refractivity contribution in [3.63, 3.8) is 0 Å². The van der Waals surface area contributed by atoms with E-state index in [-0.39, 0.29) is 28.8 Å². The summed E-state index contributed by atoms with van der Waals surface area (Å²) in [7, 11) is 0. The van der Waals surface area contributed by atoms with Gasteiger partial charge in [0.1, 0.15) is 0 Å². The van der Waals surface area contributed by atoms with Crippen LogP contribution in [0.4, 0.5) is 0 Å². The maximum absolute atomic E-state index is 12.4. The first-order valence-electron chi connectivity index (χ1n) is 7.18. The number of hydrogen-bond donors (Lipinski definition) is 2. The fourth-order valence-corrected chi connectivity index (χ4v) is 3.31. The van der Waals surface area contributed by atoms with Gasteiger partial charge in [0.2, 0.25) is 5.91 Å². The lowest BCUT2D eigenvalue weighted by atomic mass is 9.87. The van der Waals surface area contributed by atoms with Crippen LogP contribution in [-0.2, 0) is 11.2 Å². The molecule has 0 bridgehead atoms. The Morgan fingerprint density at radius 3 is 2.75 bits per heavy atom. The van der Waals surface area contributed by atoms with E-state index in [1.807, 2.05) is 19.9 Å². The Labute approximate surface area is 125 Å². The summed E-state index contributed by atoms with van der Waals surface area (Å²) in [5.41, 5.74) is 8.28. The van der Waals surface area contributed by atoms with E-state index in [4.69, 9.17) is 18.0 Å². The van der Waals surface area contributed by atoms with Gasteiger partial charge < -0.3 is 11.1 Å². The van der Waals surface area contributed by atoms with E-state index in [9.17, 15) is 4.79 Å². The number of benzene rings is 1. The van der Waals surface area contributed by atoms with Gasteiger partial charge in [-0.3, -0.25) is 4.79 Å². The Morgan fingerprint density at radius 1 is 1.40 bits per heavy atom. The molecule has 0 fully saturated rings. The minimum Gasteiger partial charge on any atom is -0.393 e. The number of rotatable bonds is 4. The number of thiocarbonyl (C=S) groups is 1. The Morgan fingerprint density at radius 2 is 2.10 bits per heavy atom. The Hall–Kier alpha value is -1.42. The third-order valence-corrected chi connectivity index (χ3v) is 4.20. The van der Waals surface area contributed by atoms with Crippen molar-refractivity contribution < 1.29 is 4.79 Å². The van der Waals surface area contributed by atoms with Gasteiger partial charge in [-0.25, -0.2) is 0 Å². The summed E-state index contributed by atoms with van der Waals surface area (Å²) >= 11 is 5.03. The first-order chi connectivity index (χ1) is 9.50. The average molecular weight is 290 g/mol. The van der Waals surface area contributed by atoms with Gasteiger partial charge >= 0.3 is 0 Å². The standard InChI is InChI=1S/C16H22N2OS/c1-10(2)14(15(17)20)16(19)18-13-9-5-7-11-6-3-4-8-12(11)13/h3-4,6,8,10,13-14H,5,7,9H2,1-2H3,(H2,17,20)(H,18,19). The molecule has 20 heavy (non-hydrogen) atoms. The third kappa shape index (κ3) is 3.18. The number of carbonyl (C=O) groups is 1. The highest BCUT2D eigenvalue weighted by molar-refractivity contribution is 7.80. The number of carbonyl (C=O) groups excluding carboxylic acids is 1. The van der Waals surface area contributed by atoms with Crippen molar-refractivity contribution >= 4 is 23.1 Å². The van der Waals surface area contributed by atoms with Crippen LogP contribution in [-0.4, -0.2) is 10.9 Å². The molecule has 1 aliphatic rings. The van der Waals surface area contributed by atoms with Crippen LogP contribution < -0.4 is 11.1 Å². The third-order valence-electron chi connectivity index (χ3n) is 3.94. The predicted octanol–water partition coefficient (Wildman–Crippen LogP) is 2.74. The van der Waals surface area contributed by atoms with E-state index in [1.165, 1.54) is 11.1 Å². The van der Waals surface area contributed by atoms with E-state index < -0.39 is 0 Å². The summed E-state index contributed by atoms with van der Waals surface area (Å²) in [5.74, 6) is -0.320. The van der Waals surface area contributed by atoms with Crippen LogP contribution in [0.3, 0.4) is 0 Å². The first-order valence-corrected chi connectivity index (χ1v) is 7.59. The molecule has 108 valence electrons. The molecule has 2 atom stereocenters. The van der Waals surface area contributed by atoms with Crippen molar-refractivity contribution in [2.45, 2.75) is 39.2 Å². The highest BCUT2D eigenvalue weighted by Crippen LogP contribution is 2.30. The number of aryl methyl sites for hydroxylation is 1. The Bertz CT molecular complexity index is 513. The van der Waals surface area contributed by atoms with E-state index in [2.05, 4.69) is 23.5 Å². The number of fused-ring (bicyclic) bond motifs is 1. The van der Waals surface area contributed by atoms with Gasteiger partial charge in [-0.05, 0) is 36.3 Å². The molecule has 1 aromatic rings. The summed E-state index contributed by atoms with van der Waals surface area (Å²) in [5, 5.41) is 3.13. The fourth-order valence-electron chi connectivity index (χ4n) is 2.93. The van der Waals surface area contributed by atoms with Crippen LogP contribution in [0, 0.1) is 11.8 Å². The summed E-state index contributed by atoms with van der Waals surface area (Å²) in [6, 6.07) is 8.40. The largest absolute Gasteiger partial charge is 0.393 e. The summed E-state index contributed by atoms with van der Waals surface area (Å²) in [6.45, 7) is 3.94. The number of amides is 1. The molecule has 3 N–H and O–H groups in total. The zero-order valence-corrected chi connectivity index (χ0v) is 12.9. The molecule has 0 saturated heterocycles. The molecular formula is C16H22N2OS. The zero-order valence-electron chi connectivity index (χ0n) is 12.1. The maximum atomic E-state index is 12.4. The van der Waals surface area contributed by atoms with Gasteiger partial charge in [0.25, 0.3) is 0 Å². The molecule has 1 aromatic carbocycles. The van der Waals surface area contributed by atoms with E-state index in [1.54, 1.807) is 0 Å². The summed E-state index contributed by atoms with van der Waals surface area (Å²) < 4.78 is 0. The predicted molar refractivity (Wildman–Crippen MR) is 85.4 cm³/mol. The van der Waals surface area contributed by atoms with Gasteiger partial charge in [0.05, 0.1) is 16.9 Å². The highest BCUT2D eigenvalue weighted by Gasteiger charge is 2.28. The quantitative estimate of drug-likeness (QED) is 0.838. The van der Waals surface area contributed by atoms with Crippen molar-refractivity contribution in [2.24, 2.45) is 17.6 Å². The topological polar surface area (TPSA) is 55.1 Å². The molecule has 2 rings (SSSR count). The molecule has 1 amide bonds. The molecule has 0 heterocycles. The van der Waals surface area contributed by atoms with Crippen LogP contribution in [0.25, 0.3) is 0 Å². The minimum atomic E-state index is -0.390. The second-order valence-electron chi connectivity index (χ2n) is 5.78. The molecule has 0 saturated carbocycles. The smallest absolute Gasteiger partial charge is 0.230 e. The molecule has 2 unspecified atom stereocenters. The van der Waals surface area contributed by atoms with Crippen LogP contribution in [0.15, 0.2) is 24.3 Å². The van der Waals surface area contributed by atoms with Gasteiger partial charge in [-0.1, -0.05) is 50.3 Å². The van der Waals surface area contributed by atoms with E-state index in [0.717, 1.165) is 19.3 Å². The van der Waals surface area contributed by atoms with Gasteiger partial charge in [-0.2, -0.15) is 0 Å². The second-order valence-corrected chi connectivity index (χ2v) is 6.25. The lowest BCUT2D eigenvalue weighted by Gasteiger charge is -2.28. The molecule has 3 nitrogen and oxygen atoms in total. The van der Waals surface area contributed by atoms with E-state index in [0.29, 0.717) is 0 Å². The van der Waals surface area contributed by atoms with Crippen LogP contribution in [0.2, 0.25) is 0 Å². The molecule has 0 spiro atoms. The molecule has 0 aliphatic heterocycles. The van der Waals surface area contributed by atoms with E-state index >= 15 is 0 Å². The minimum absolute atomic E-state index is 0.0470. The summed E-state index contributed by atoms with van der Waals surface area (Å²) in [4.78, 5) is 12.7. The summed E-state index contributed by atoms with van der Waals surface area (Å²) in [6.07, 6.45) is 3.16. The molecular weight excluding hydrogens is 268 g/mol. The molecule has 4 heteroatoms.